The predicted molar refractivity (Wildman–Crippen MR) is 102 cm³/mol. The van der Waals surface area contributed by atoms with Gasteiger partial charge in [-0.05, 0) is 29.8 Å². The van der Waals surface area contributed by atoms with Crippen molar-refractivity contribution in [2.45, 2.75) is 6.54 Å². The van der Waals surface area contributed by atoms with E-state index in [1.165, 1.54) is 35.1 Å². The number of hydrazone groups is 1. The maximum Gasteiger partial charge on any atom is 0.280 e. The van der Waals surface area contributed by atoms with Crippen LogP contribution in [-0.4, -0.2) is 21.8 Å². The quantitative estimate of drug-likeness (QED) is 0.414. The number of benzene rings is 2. The number of pyridine rings is 1. The summed E-state index contributed by atoms with van der Waals surface area (Å²) in [6, 6.07) is 12.3. The van der Waals surface area contributed by atoms with Crippen molar-refractivity contribution in [1.82, 2.24) is 9.99 Å². The lowest BCUT2D eigenvalue weighted by atomic mass is 10.1. The predicted octanol–water partition coefficient (Wildman–Crippen LogP) is 2.80. The highest BCUT2D eigenvalue weighted by Crippen LogP contribution is 2.26. The number of nitrogens with one attached hydrogen (secondary N) is 1. The molecule has 3 aromatic rings. The van der Waals surface area contributed by atoms with Gasteiger partial charge in [0.2, 0.25) is 0 Å². The smallest absolute Gasteiger partial charge is 0.280 e. The van der Waals surface area contributed by atoms with Crippen LogP contribution in [-0.2, 0) is 6.54 Å². The molecule has 1 aromatic heterocycles. The molecule has 2 aromatic carbocycles. The summed E-state index contributed by atoms with van der Waals surface area (Å²) in [4.78, 5) is 25.2. The van der Waals surface area contributed by atoms with Gasteiger partial charge in [0, 0.05) is 11.9 Å². The fourth-order valence-electron chi connectivity index (χ4n) is 2.71. The second-order valence-electron chi connectivity index (χ2n) is 5.70. The molecule has 2 N–H and O–H groups in total. The molecule has 0 bridgehead atoms. The Bertz CT molecular complexity index is 1120. The number of halogens is 1. The summed E-state index contributed by atoms with van der Waals surface area (Å²) in [5.74, 6) is -1.73. The summed E-state index contributed by atoms with van der Waals surface area (Å²) in [6.45, 7) is 3.79. The van der Waals surface area contributed by atoms with Gasteiger partial charge in [-0.1, -0.05) is 30.3 Å². The van der Waals surface area contributed by atoms with E-state index in [1.54, 1.807) is 30.3 Å². The lowest BCUT2D eigenvalue weighted by Crippen LogP contribution is -2.31. The first kappa shape index (κ1) is 18.1. The van der Waals surface area contributed by atoms with Crippen molar-refractivity contribution < 1.29 is 14.3 Å². The molecule has 7 heteroatoms. The van der Waals surface area contributed by atoms with Gasteiger partial charge in [-0.15, -0.1) is 6.58 Å². The van der Waals surface area contributed by atoms with Crippen molar-refractivity contribution in [2.75, 3.05) is 0 Å². The number of fused-ring (bicyclic) bond motifs is 1. The Morgan fingerprint density at radius 3 is 2.78 bits per heavy atom. The van der Waals surface area contributed by atoms with Crippen molar-refractivity contribution in [3.8, 4) is 5.75 Å². The van der Waals surface area contributed by atoms with Crippen molar-refractivity contribution >= 4 is 23.0 Å². The zero-order valence-electron chi connectivity index (χ0n) is 14.2. The zero-order valence-corrected chi connectivity index (χ0v) is 14.2. The maximum atomic E-state index is 13.2. The third-order valence-corrected chi connectivity index (χ3v) is 3.91. The minimum absolute atomic E-state index is 0.173. The average molecular weight is 365 g/mol. The van der Waals surface area contributed by atoms with Crippen molar-refractivity contribution in [3.63, 3.8) is 0 Å². The molecule has 27 heavy (non-hydrogen) atoms. The Morgan fingerprint density at radius 2 is 2.04 bits per heavy atom. The molecule has 0 atom stereocenters. The van der Waals surface area contributed by atoms with Crippen LogP contribution < -0.4 is 11.0 Å². The van der Waals surface area contributed by atoms with Gasteiger partial charge in [-0.2, -0.15) is 5.10 Å². The highest BCUT2D eigenvalue weighted by Gasteiger charge is 2.21. The molecule has 0 unspecified atom stereocenters. The highest BCUT2D eigenvalue weighted by atomic mass is 19.1. The van der Waals surface area contributed by atoms with Crippen LogP contribution in [0.5, 0.6) is 5.75 Å². The van der Waals surface area contributed by atoms with Crippen LogP contribution in [0.15, 0.2) is 71.1 Å². The molecule has 0 fully saturated rings. The monoisotopic (exact) mass is 365 g/mol. The van der Waals surface area contributed by atoms with Gasteiger partial charge in [0.05, 0.1) is 11.7 Å². The minimum atomic E-state index is -0.867. The van der Waals surface area contributed by atoms with Crippen LogP contribution >= 0.6 is 0 Å². The van der Waals surface area contributed by atoms with Gasteiger partial charge in [0.1, 0.15) is 17.1 Å². The van der Waals surface area contributed by atoms with E-state index in [0.717, 1.165) is 0 Å². The number of aromatic nitrogens is 1. The minimum Gasteiger partial charge on any atom is -0.506 e. The van der Waals surface area contributed by atoms with Crippen molar-refractivity contribution in [1.29, 1.82) is 0 Å². The molecular weight excluding hydrogens is 349 g/mol. The molecule has 3 rings (SSSR count). The first-order valence-corrected chi connectivity index (χ1v) is 8.07. The molecule has 1 heterocycles. The van der Waals surface area contributed by atoms with E-state index in [2.05, 4.69) is 17.1 Å². The number of nitrogens with zero attached hydrogens (tertiary/aromatic N) is 2. The Balaban J connectivity index is 1.99. The van der Waals surface area contributed by atoms with Crippen LogP contribution in [0.1, 0.15) is 15.9 Å². The lowest BCUT2D eigenvalue weighted by molar-refractivity contribution is 0.0950. The van der Waals surface area contributed by atoms with Crippen LogP contribution in [0.4, 0.5) is 4.39 Å². The van der Waals surface area contributed by atoms with Gasteiger partial charge < -0.3 is 9.67 Å². The second-order valence-corrected chi connectivity index (χ2v) is 5.70. The van der Waals surface area contributed by atoms with E-state index in [9.17, 15) is 19.1 Å². The molecule has 1 amide bonds. The van der Waals surface area contributed by atoms with Gasteiger partial charge in [0.25, 0.3) is 11.5 Å². The molecule has 0 aliphatic rings. The van der Waals surface area contributed by atoms with E-state index in [0.29, 0.717) is 16.5 Å². The fraction of sp³-hybridized carbons (Fsp3) is 0.0500. The summed E-state index contributed by atoms with van der Waals surface area (Å²) in [6.07, 6.45) is 2.76. The van der Waals surface area contributed by atoms with Crippen molar-refractivity contribution in [3.05, 3.63) is 88.5 Å². The molecule has 0 spiro atoms. The topological polar surface area (TPSA) is 83.7 Å². The molecule has 0 radical (unpaired) electrons. The SMILES string of the molecule is C=CCn1c(=O)c(C(=O)N/N=C/c2cccc(F)c2)c(O)c2ccccc21. The number of para-hydroxylation sites is 1. The summed E-state index contributed by atoms with van der Waals surface area (Å²) < 4.78 is 14.5. The van der Waals surface area contributed by atoms with Gasteiger partial charge >= 0.3 is 0 Å². The molecule has 0 aliphatic heterocycles. The normalized spacial score (nSPS) is 11.0. The van der Waals surface area contributed by atoms with E-state index in [-0.39, 0.29) is 6.54 Å². The first-order valence-electron chi connectivity index (χ1n) is 8.07. The number of hydrogen-bond acceptors (Lipinski definition) is 4. The number of carbonyl (C=O) groups excluding carboxylic acids is 1. The van der Waals surface area contributed by atoms with Crippen LogP contribution in [0.3, 0.4) is 0 Å². The van der Waals surface area contributed by atoms with Crippen molar-refractivity contribution in [2.24, 2.45) is 5.10 Å². The Labute approximate surface area is 153 Å². The van der Waals surface area contributed by atoms with Crippen LogP contribution in [0.2, 0.25) is 0 Å². The summed E-state index contributed by atoms with van der Waals surface area (Å²) in [5, 5.41) is 14.5. The summed E-state index contributed by atoms with van der Waals surface area (Å²) in [5.41, 5.74) is 2.02. The molecule has 0 saturated heterocycles. The summed E-state index contributed by atoms with van der Waals surface area (Å²) in [7, 11) is 0. The number of rotatable bonds is 5. The van der Waals surface area contributed by atoms with E-state index in [1.807, 2.05) is 0 Å². The van der Waals surface area contributed by atoms with E-state index in [4.69, 9.17) is 0 Å². The largest absolute Gasteiger partial charge is 0.506 e. The van der Waals surface area contributed by atoms with Crippen LogP contribution in [0.25, 0.3) is 10.9 Å². The molecule has 136 valence electrons. The number of amides is 1. The Kier molecular flexibility index (Phi) is 5.12. The fourth-order valence-corrected chi connectivity index (χ4v) is 2.71. The average Bonchev–Trinajstić information content (AvgIpc) is 2.65. The van der Waals surface area contributed by atoms with E-state index >= 15 is 0 Å². The molecular formula is C20H16FN3O3. The number of allylic oxidation sites excluding steroid dienone is 1. The standard InChI is InChI=1S/C20H16FN3O3/c1-2-10-24-16-9-4-3-8-15(16)18(25)17(20(24)27)19(26)23-22-12-13-6-5-7-14(21)11-13/h2-9,11-12,25H,1,10H2,(H,23,26)/b22-12+. The third-order valence-electron chi connectivity index (χ3n) is 3.91. The maximum absolute atomic E-state index is 13.2. The van der Waals surface area contributed by atoms with Gasteiger partial charge in [0.15, 0.2) is 0 Å². The molecule has 0 saturated carbocycles. The van der Waals surface area contributed by atoms with Crippen LogP contribution in [0, 0.1) is 5.82 Å². The summed E-state index contributed by atoms with van der Waals surface area (Å²) >= 11 is 0. The highest BCUT2D eigenvalue weighted by molar-refractivity contribution is 6.02. The Morgan fingerprint density at radius 1 is 1.26 bits per heavy atom. The van der Waals surface area contributed by atoms with Gasteiger partial charge in [-0.25, -0.2) is 9.82 Å². The third kappa shape index (κ3) is 3.62. The first-order chi connectivity index (χ1) is 13.0. The number of aromatic hydroxyl groups is 1. The number of hydrogen-bond donors (Lipinski definition) is 2. The van der Waals surface area contributed by atoms with E-state index < -0.39 is 28.6 Å². The van der Waals surface area contributed by atoms with Gasteiger partial charge in [-0.3, -0.25) is 9.59 Å². The molecule has 0 aliphatic carbocycles. The molecule has 6 nitrogen and oxygen atoms in total. The Hall–Kier alpha value is -3.74. The second kappa shape index (κ2) is 7.65. The number of carbonyl (C=O) groups is 1. The lowest BCUT2D eigenvalue weighted by Gasteiger charge is -2.12. The zero-order chi connectivity index (χ0) is 19.4.